The lowest BCUT2D eigenvalue weighted by Crippen LogP contribution is -2.19. The van der Waals surface area contributed by atoms with Crippen molar-refractivity contribution in [1.29, 1.82) is 0 Å². The summed E-state index contributed by atoms with van der Waals surface area (Å²) in [4.78, 5) is 14.6. The molecule has 3 nitrogen and oxygen atoms in total. The van der Waals surface area contributed by atoms with Gasteiger partial charge in [0.1, 0.15) is 0 Å². The summed E-state index contributed by atoms with van der Waals surface area (Å²) in [6, 6.07) is 13.7. The Morgan fingerprint density at radius 3 is 2.83 bits per heavy atom. The number of pyridine rings is 1. The van der Waals surface area contributed by atoms with Gasteiger partial charge in [-0.2, -0.15) is 0 Å². The molecule has 0 aliphatic carbocycles. The van der Waals surface area contributed by atoms with Gasteiger partial charge in [-0.3, -0.25) is 4.79 Å². The lowest BCUT2D eigenvalue weighted by atomic mass is 10.1. The fourth-order valence-electron chi connectivity index (χ4n) is 2.32. The van der Waals surface area contributed by atoms with Gasteiger partial charge in [0.25, 0.3) is 5.56 Å². The van der Waals surface area contributed by atoms with Gasteiger partial charge < -0.3 is 10.3 Å². The summed E-state index contributed by atoms with van der Waals surface area (Å²) < 4.78 is 1.72. The number of hydrogen-bond acceptors (Lipinski definition) is 4. The lowest BCUT2D eigenvalue weighted by Gasteiger charge is -2.11. The smallest absolute Gasteiger partial charge is 0.251 e. The molecule has 2 aromatic heterocycles. The molecule has 5 heteroatoms. The number of nitrogens with two attached hydrogens (primary N) is 1. The van der Waals surface area contributed by atoms with Crippen molar-refractivity contribution in [1.82, 2.24) is 4.57 Å². The topological polar surface area (TPSA) is 48.0 Å². The van der Waals surface area contributed by atoms with Gasteiger partial charge in [-0.05, 0) is 41.6 Å². The lowest BCUT2D eigenvalue weighted by molar-refractivity contribution is 0.749. The third-order valence-electron chi connectivity index (χ3n) is 3.76. The van der Waals surface area contributed by atoms with Gasteiger partial charge in [-0.25, -0.2) is 0 Å². The molecule has 2 N–H and O–H groups in total. The van der Waals surface area contributed by atoms with Crippen molar-refractivity contribution >= 4 is 28.8 Å². The Hall–Kier alpha value is -1.98. The van der Waals surface area contributed by atoms with Crippen molar-refractivity contribution in [2.24, 2.45) is 0 Å². The number of thioether (sulfide) groups is 1. The van der Waals surface area contributed by atoms with Crippen molar-refractivity contribution in [2.75, 3.05) is 5.73 Å². The van der Waals surface area contributed by atoms with E-state index in [4.69, 9.17) is 5.73 Å². The maximum Gasteiger partial charge on any atom is 0.251 e. The van der Waals surface area contributed by atoms with Gasteiger partial charge >= 0.3 is 0 Å². The summed E-state index contributed by atoms with van der Waals surface area (Å²) in [5.74, 6) is 0.898. The SMILES string of the molecule is Cc1c(N)cccc1Cn1ccc(SCc2cccs2)cc1=O. The Morgan fingerprint density at radius 2 is 2.09 bits per heavy atom. The van der Waals surface area contributed by atoms with E-state index in [9.17, 15) is 4.79 Å². The van der Waals surface area contributed by atoms with Crippen molar-refractivity contribution < 1.29 is 0 Å². The summed E-state index contributed by atoms with van der Waals surface area (Å²) in [7, 11) is 0. The Kier molecular flexibility index (Phi) is 4.88. The van der Waals surface area contributed by atoms with Gasteiger partial charge in [0, 0.05) is 33.5 Å². The second kappa shape index (κ2) is 7.06. The first-order valence-corrected chi connectivity index (χ1v) is 9.19. The highest BCUT2D eigenvalue weighted by Crippen LogP contribution is 2.24. The number of aromatic nitrogens is 1. The zero-order valence-electron chi connectivity index (χ0n) is 12.9. The Bertz CT molecular complexity index is 854. The Labute approximate surface area is 143 Å². The molecule has 1 aromatic carbocycles. The predicted octanol–water partition coefficient (Wildman–Crippen LogP) is 4.14. The number of nitrogen functional groups attached to an aromatic ring is 1. The second-order valence-electron chi connectivity index (χ2n) is 5.33. The summed E-state index contributed by atoms with van der Waals surface area (Å²) in [5, 5.41) is 2.07. The average Bonchev–Trinajstić information content (AvgIpc) is 3.05. The predicted molar refractivity (Wildman–Crippen MR) is 99.3 cm³/mol. The monoisotopic (exact) mass is 342 g/mol. The Balaban J connectivity index is 1.74. The molecule has 0 atom stereocenters. The van der Waals surface area contributed by atoms with E-state index in [1.54, 1.807) is 33.7 Å². The van der Waals surface area contributed by atoms with Gasteiger partial charge in [-0.15, -0.1) is 23.1 Å². The zero-order valence-corrected chi connectivity index (χ0v) is 14.5. The van der Waals surface area contributed by atoms with E-state index in [0.717, 1.165) is 27.5 Å². The van der Waals surface area contributed by atoms with Crippen LogP contribution in [0.4, 0.5) is 5.69 Å². The van der Waals surface area contributed by atoms with Crippen LogP contribution in [-0.4, -0.2) is 4.57 Å². The largest absolute Gasteiger partial charge is 0.399 e. The van der Waals surface area contributed by atoms with Crippen LogP contribution >= 0.6 is 23.1 Å². The molecule has 0 saturated heterocycles. The van der Waals surface area contributed by atoms with Gasteiger partial charge in [0.15, 0.2) is 0 Å². The first-order valence-electron chi connectivity index (χ1n) is 7.33. The quantitative estimate of drug-likeness (QED) is 0.560. The van der Waals surface area contributed by atoms with E-state index in [2.05, 4.69) is 11.4 Å². The molecule has 0 bridgehead atoms. The van der Waals surface area contributed by atoms with E-state index in [-0.39, 0.29) is 5.56 Å². The Morgan fingerprint density at radius 1 is 1.22 bits per heavy atom. The van der Waals surface area contributed by atoms with Gasteiger partial charge in [-0.1, -0.05) is 18.2 Å². The number of benzene rings is 1. The maximum absolute atomic E-state index is 12.3. The molecule has 0 aliphatic heterocycles. The molecule has 0 aliphatic rings. The molecular weight excluding hydrogens is 324 g/mol. The summed E-state index contributed by atoms with van der Waals surface area (Å²) in [5.41, 5.74) is 8.82. The highest BCUT2D eigenvalue weighted by molar-refractivity contribution is 7.98. The van der Waals surface area contributed by atoms with E-state index >= 15 is 0 Å². The third kappa shape index (κ3) is 3.86. The van der Waals surface area contributed by atoms with Crippen molar-refractivity contribution in [3.8, 4) is 0 Å². The minimum Gasteiger partial charge on any atom is -0.399 e. The van der Waals surface area contributed by atoms with Crippen LogP contribution in [0.15, 0.2) is 63.7 Å². The first-order chi connectivity index (χ1) is 11.1. The van der Waals surface area contributed by atoms with Crippen molar-refractivity contribution in [2.45, 2.75) is 24.1 Å². The molecule has 3 rings (SSSR count). The number of nitrogens with zero attached hydrogens (tertiary/aromatic N) is 1. The number of anilines is 1. The van der Waals surface area contributed by atoms with E-state index in [1.165, 1.54) is 4.88 Å². The number of hydrogen-bond donors (Lipinski definition) is 1. The first kappa shape index (κ1) is 15.9. The van der Waals surface area contributed by atoms with Crippen LogP contribution in [0.25, 0.3) is 0 Å². The van der Waals surface area contributed by atoms with E-state index < -0.39 is 0 Å². The van der Waals surface area contributed by atoms with Crippen LogP contribution in [0, 0.1) is 6.92 Å². The molecular formula is C18H18N2OS2. The normalized spacial score (nSPS) is 10.8. The second-order valence-corrected chi connectivity index (χ2v) is 7.41. The summed E-state index contributed by atoms with van der Waals surface area (Å²) in [6.07, 6.45) is 1.86. The zero-order chi connectivity index (χ0) is 16.2. The van der Waals surface area contributed by atoms with Crippen LogP contribution in [0.5, 0.6) is 0 Å². The highest BCUT2D eigenvalue weighted by Gasteiger charge is 2.05. The van der Waals surface area contributed by atoms with Gasteiger partial charge in [0.05, 0.1) is 6.54 Å². The fourth-order valence-corrected chi connectivity index (χ4v) is 4.00. The van der Waals surface area contributed by atoms with Crippen LogP contribution in [0.1, 0.15) is 16.0 Å². The molecule has 0 fully saturated rings. The molecule has 3 aromatic rings. The molecule has 0 unspecified atom stereocenters. The average molecular weight is 342 g/mol. The molecule has 2 heterocycles. The third-order valence-corrected chi connectivity index (χ3v) is 5.86. The number of rotatable bonds is 5. The van der Waals surface area contributed by atoms with E-state index in [0.29, 0.717) is 6.54 Å². The highest BCUT2D eigenvalue weighted by atomic mass is 32.2. The molecule has 0 amide bonds. The molecule has 23 heavy (non-hydrogen) atoms. The number of thiophene rings is 1. The van der Waals surface area contributed by atoms with Crippen LogP contribution < -0.4 is 11.3 Å². The minimum absolute atomic E-state index is 0.0167. The fraction of sp³-hybridized carbons (Fsp3) is 0.167. The summed E-state index contributed by atoms with van der Waals surface area (Å²) >= 11 is 3.43. The van der Waals surface area contributed by atoms with Crippen LogP contribution in [-0.2, 0) is 12.3 Å². The standard InChI is InChI=1S/C18H18N2OS2/c1-13-14(4-2-6-17(13)19)11-20-8-7-15(10-18(20)21)23-12-16-5-3-9-22-16/h2-10H,11-12,19H2,1H3. The molecule has 0 radical (unpaired) electrons. The van der Waals surface area contributed by atoms with E-state index in [1.807, 2.05) is 43.5 Å². The van der Waals surface area contributed by atoms with Crippen molar-refractivity contribution in [3.05, 3.63) is 80.4 Å². The van der Waals surface area contributed by atoms with Gasteiger partial charge in [0.2, 0.25) is 0 Å². The minimum atomic E-state index is 0.0167. The summed E-state index contributed by atoms with van der Waals surface area (Å²) in [6.45, 7) is 2.53. The maximum atomic E-state index is 12.3. The molecule has 0 saturated carbocycles. The van der Waals surface area contributed by atoms with Crippen LogP contribution in [0.2, 0.25) is 0 Å². The van der Waals surface area contributed by atoms with Crippen molar-refractivity contribution in [3.63, 3.8) is 0 Å². The van der Waals surface area contributed by atoms with Crippen LogP contribution in [0.3, 0.4) is 0 Å². The molecule has 0 spiro atoms. The molecule has 118 valence electrons.